The van der Waals surface area contributed by atoms with Gasteiger partial charge in [-0.1, -0.05) is 6.92 Å². The molecule has 0 fully saturated rings. The van der Waals surface area contributed by atoms with Crippen molar-refractivity contribution in [3.05, 3.63) is 0 Å². The Kier molecular flexibility index (Phi) is 6.60. The highest BCUT2D eigenvalue weighted by Crippen LogP contribution is 2.12. The molecule has 1 heterocycles. The first-order valence-electron chi connectivity index (χ1n) is 7.08. The van der Waals surface area contributed by atoms with Gasteiger partial charge in [0.05, 0.1) is 5.75 Å². The molecule has 0 aliphatic heterocycles. The van der Waals surface area contributed by atoms with Crippen LogP contribution in [0.3, 0.4) is 0 Å². The Morgan fingerprint density at radius 2 is 1.67 bits per heavy atom. The maximum Gasteiger partial charge on any atom is 0.231 e. The third-order valence-corrected chi connectivity index (χ3v) is 4.74. The topological polar surface area (TPSA) is 100 Å². The van der Waals surface area contributed by atoms with Gasteiger partial charge in [-0.05, 0) is 13.8 Å². The number of hydrogen-bond acceptors (Lipinski definition) is 8. The first kappa shape index (κ1) is 17.4. The number of sulfone groups is 1. The molecule has 8 nitrogen and oxygen atoms in total. The largest absolute Gasteiger partial charge is 0.357 e. The molecule has 0 saturated carbocycles. The normalized spacial score (nSPS) is 11.2. The lowest BCUT2D eigenvalue weighted by Crippen LogP contribution is -2.26. The van der Waals surface area contributed by atoms with E-state index in [0.29, 0.717) is 17.8 Å². The lowest BCUT2D eigenvalue weighted by molar-refractivity contribution is 0.597. The van der Waals surface area contributed by atoms with Gasteiger partial charge in [-0.3, -0.25) is 0 Å². The van der Waals surface area contributed by atoms with Crippen LogP contribution in [0.4, 0.5) is 17.8 Å². The van der Waals surface area contributed by atoms with Crippen molar-refractivity contribution in [2.75, 3.05) is 53.7 Å². The van der Waals surface area contributed by atoms with Crippen LogP contribution in [-0.4, -0.2) is 61.6 Å². The molecule has 0 atom stereocenters. The van der Waals surface area contributed by atoms with Crippen LogP contribution in [0.5, 0.6) is 0 Å². The summed E-state index contributed by atoms with van der Waals surface area (Å²) in [6.07, 6.45) is 0. The van der Waals surface area contributed by atoms with Crippen LogP contribution in [0.2, 0.25) is 0 Å². The molecule has 0 unspecified atom stereocenters. The quantitative estimate of drug-likeness (QED) is 0.683. The maximum atomic E-state index is 11.5. The highest BCUT2D eigenvalue weighted by molar-refractivity contribution is 7.91. The van der Waals surface area contributed by atoms with Gasteiger partial charge in [-0.25, -0.2) is 8.42 Å². The van der Waals surface area contributed by atoms with Crippen LogP contribution in [0, 0.1) is 0 Å². The summed E-state index contributed by atoms with van der Waals surface area (Å²) in [6.45, 7) is 7.53. The monoisotopic (exact) mass is 316 g/mol. The van der Waals surface area contributed by atoms with Crippen molar-refractivity contribution in [1.29, 1.82) is 0 Å². The van der Waals surface area contributed by atoms with E-state index in [4.69, 9.17) is 0 Å². The van der Waals surface area contributed by atoms with Gasteiger partial charge < -0.3 is 15.5 Å². The van der Waals surface area contributed by atoms with Crippen LogP contribution < -0.4 is 15.5 Å². The van der Waals surface area contributed by atoms with Crippen molar-refractivity contribution in [2.45, 2.75) is 20.8 Å². The Morgan fingerprint density at radius 1 is 1.05 bits per heavy atom. The van der Waals surface area contributed by atoms with Gasteiger partial charge in [0.1, 0.15) is 0 Å². The SMILES string of the molecule is CCN(CC)c1nc(NC)nc(NCCS(=O)(=O)CC)n1. The molecular weight excluding hydrogens is 292 g/mol. The minimum Gasteiger partial charge on any atom is -0.357 e. The lowest BCUT2D eigenvalue weighted by atomic mass is 10.5. The average molecular weight is 316 g/mol. The number of nitrogens with zero attached hydrogens (tertiary/aromatic N) is 4. The first-order valence-corrected chi connectivity index (χ1v) is 8.90. The number of aromatic nitrogens is 3. The Bertz CT molecular complexity index is 545. The van der Waals surface area contributed by atoms with E-state index < -0.39 is 9.84 Å². The number of anilines is 3. The second-order valence-corrected chi connectivity index (χ2v) is 6.84. The minimum atomic E-state index is -3.00. The summed E-state index contributed by atoms with van der Waals surface area (Å²) < 4.78 is 22.9. The van der Waals surface area contributed by atoms with Crippen molar-refractivity contribution in [2.24, 2.45) is 0 Å². The third kappa shape index (κ3) is 5.33. The summed E-state index contributed by atoms with van der Waals surface area (Å²) in [4.78, 5) is 14.8. The van der Waals surface area contributed by atoms with Gasteiger partial charge in [0.2, 0.25) is 17.8 Å². The van der Waals surface area contributed by atoms with Gasteiger partial charge >= 0.3 is 0 Å². The summed E-state index contributed by atoms with van der Waals surface area (Å²) in [5.41, 5.74) is 0. The van der Waals surface area contributed by atoms with Crippen LogP contribution >= 0.6 is 0 Å². The lowest BCUT2D eigenvalue weighted by Gasteiger charge is -2.19. The van der Waals surface area contributed by atoms with E-state index in [1.165, 1.54) is 0 Å². The molecule has 120 valence electrons. The van der Waals surface area contributed by atoms with Crippen molar-refractivity contribution < 1.29 is 8.42 Å². The molecule has 0 bridgehead atoms. The predicted octanol–water partition coefficient (Wildman–Crippen LogP) is 0.606. The van der Waals surface area contributed by atoms with E-state index >= 15 is 0 Å². The Morgan fingerprint density at radius 3 is 2.19 bits per heavy atom. The fourth-order valence-electron chi connectivity index (χ4n) is 1.67. The van der Waals surface area contributed by atoms with E-state index in [9.17, 15) is 8.42 Å². The third-order valence-electron chi connectivity index (χ3n) is 3.03. The van der Waals surface area contributed by atoms with Gasteiger partial charge in [-0.2, -0.15) is 15.0 Å². The molecule has 0 amide bonds. The number of nitrogens with one attached hydrogen (secondary N) is 2. The van der Waals surface area contributed by atoms with Crippen molar-refractivity contribution in [3.63, 3.8) is 0 Å². The highest BCUT2D eigenvalue weighted by Gasteiger charge is 2.11. The maximum absolute atomic E-state index is 11.5. The zero-order chi connectivity index (χ0) is 15.9. The number of rotatable bonds is 9. The molecular formula is C12H24N6O2S. The number of hydrogen-bond donors (Lipinski definition) is 2. The molecule has 2 N–H and O–H groups in total. The van der Waals surface area contributed by atoms with Gasteiger partial charge in [0.25, 0.3) is 0 Å². The van der Waals surface area contributed by atoms with Crippen molar-refractivity contribution in [3.8, 4) is 0 Å². The van der Waals surface area contributed by atoms with E-state index in [1.807, 2.05) is 18.7 Å². The van der Waals surface area contributed by atoms with E-state index in [1.54, 1.807) is 14.0 Å². The molecule has 0 spiro atoms. The Balaban J connectivity index is 2.84. The van der Waals surface area contributed by atoms with Crippen LogP contribution in [-0.2, 0) is 9.84 Å². The fraction of sp³-hybridized carbons (Fsp3) is 0.750. The van der Waals surface area contributed by atoms with Gasteiger partial charge in [0, 0.05) is 32.4 Å². The molecule has 0 radical (unpaired) electrons. The smallest absolute Gasteiger partial charge is 0.231 e. The highest BCUT2D eigenvalue weighted by atomic mass is 32.2. The molecule has 1 aromatic heterocycles. The molecule has 1 aromatic rings. The summed E-state index contributed by atoms with van der Waals surface area (Å²) in [5.74, 6) is 1.60. The summed E-state index contributed by atoms with van der Waals surface area (Å²) in [7, 11) is -1.27. The first-order chi connectivity index (χ1) is 9.95. The van der Waals surface area contributed by atoms with Crippen LogP contribution in [0.1, 0.15) is 20.8 Å². The van der Waals surface area contributed by atoms with Gasteiger partial charge in [0.15, 0.2) is 9.84 Å². The Labute approximate surface area is 126 Å². The van der Waals surface area contributed by atoms with E-state index in [0.717, 1.165) is 13.1 Å². The zero-order valence-electron chi connectivity index (χ0n) is 13.0. The van der Waals surface area contributed by atoms with E-state index in [2.05, 4.69) is 25.6 Å². The van der Waals surface area contributed by atoms with Crippen LogP contribution in [0.15, 0.2) is 0 Å². The molecule has 9 heteroatoms. The molecule has 21 heavy (non-hydrogen) atoms. The molecule has 0 saturated heterocycles. The molecule has 1 rings (SSSR count). The summed E-state index contributed by atoms with van der Waals surface area (Å²) in [6, 6.07) is 0. The fourth-order valence-corrected chi connectivity index (χ4v) is 2.37. The average Bonchev–Trinajstić information content (AvgIpc) is 2.48. The van der Waals surface area contributed by atoms with Crippen LogP contribution in [0.25, 0.3) is 0 Å². The van der Waals surface area contributed by atoms with Gasteiger partial charge in [-0.15, -0.1) is 0 Å². The van der Waals surface area contributed by atoms with Crippen molar-refractivity contribution in [1.82, 2.24) is 15.0 Å². The molecule has 0 aliphatic carbocycles. The predicted molar refractivity (Wildman–Crippen MR) is 85.8 cm³/mol. The minimum absolute atomic E-state index is 0.0602. The summed E-state index contributed by atoms with van der Waals surface area (Å²) >= 11 is 0. The van der Waals surface area contributed by atoms with Crippen molar-refractivity contribution >= 4 is 27.7 Å². The second kappa shape index (κ2) is 7.96. The standard InChI is InChI=1S/C12H24N6O2S/c1-5-18(6-2)12-16-10(13-4)15-11(17-12)14-8-9-21(19,20)7-3/h5-9H2,1-4H3,(H2,13,14,15,16,17). The second-order valence-electron chi connectivity index (χ2n) is 4.37. The van der Waals surface area contributed by atoms with E-state index in [-0.39, 0.29) is 18.1 Å². The molecule has 0 aliphatic rings. The summed E-state index contributed by atoms with van der Waals surface area (Å²) in [5, 5.41) is 5.83. The Hall–Kier alpha value is -1.64. The zero-order valence-corrected chi connectivity index (χ0v) is 13.9. The molecule has 0 aromatic carbocycles.